The van der Waals surface area contributed by atoms with Crippen LogP contribution < -0.4 is 4.90 Å². The standard InChI is InChI=1S/C28H23Cl2N5O3/c1-33-27(38)35(23-12-21(29)11-22(30)13-23)26(37)28(33)17-34(25(36)9-6-19-3-2-10-32-15-19)16-24(28)20-7-4-18(14-31)5-8-20/h2-5,7-8,10-13,15,24H,6,9,16-17H2,1H3/t24-,28+/m0/s1. The summed E-state index contributed by atoms with van der Waals surface area (Å²) in [5.74, 6) is -1.10. The van der Waals surface area contributed by atoms with E-state index >= 15 is 0 Å². The van der Waals surface area contributed by atoms with Gasteiger partial charge < -0.3 is 9.80 Å². The molecule has 3 aromatic rings. The highest BCUT2D eigenvalue weighted by atomic mass is 35.5. The summed E-state index contributed by atoms with van der Waals surface area (Å²) >= 11 is 12.4. The number of amides is 4. The van der Waals surface area contributed by atoms with Crippen molar-refractivity contribution in [1.29, 1.82) is 5.26 Å². The molecule has 3 heterocycles. The van der Waals surface area contributed by atoms with Crippen molar-refractivity contribution in [1.82, 2.24) is 14.8 Å². The minimum Gasteiger partial charge on any atom is -0.339 e. The number of carbonyl (C=O) groups is 3. The Morgan fingerprint density at radius 3 is 2.47 bits per heavy atom. The molecular weight excluding hydrogens is 525 g/mol. The summed E-state index contributed by atoms with van der Waals surface area (Å²) in [6.45, 7) is 0.278. The summed E-state index contributed by atoms with van der Waals surface area (Å²) in [4.78, 5) is 49.4. The lowest BCUT2D eigenvalue weighted by molar-refractivity contribution is -0.131. The van der Waals surface area contributed by atoms with E-state index in [1.54, 1.807) is 48.6 Å². The van der Waals surface area contributed by atoms with Gasteiger partial charge in [0.25, 0.3) is 5.91 Å². The summed E-state index contributed by atoms with van der Waals surface area (Å²) in [6, 6.07) is 16.7. The Morgan fingerprint density at radius 1 is 1.13 bits per heavy atom. The summed E-state index contributed by atoms with van der Waals surface area (Å²) in [6.07, 6.45) is 4.14. The second-order valence-corrected chi connectivity index (χ2v) is 10.3. The van der Waals surface area contributed by atoms with Gasteiger partial charge in [0.1, 0.15) is 5.54 Å². The quantitative estimate of drug-likeness (QED) is 0.433. The first-order valence-electron chi connectivity index (χ1n) is 12.0. The van der Waals surface area contributed by atoms with Crippen LogP contribution in [0.25, 0.3) is 0 Å². The predicted molar refractivity (Wildman–Crippen MR) is 143 cm³/mol. The van der Waals surface area contributed by atoms with Crippen LogP contribution in [-0.2, 0) is 16.0 Å². The fourth-order valence-corrected chi connectivity index (χ4v) is 5.87. The van der Waals surface area contributed by atoms with Crippen LogP contribution in [-0.4, -0.2) is 58.3 Å². The van der Waals surface area contributed by atoms with Crippen LogP contribution >= 0.6 is 23.2 Å². The van der Waals surface area contributed by atoms with Gasteiger partial charge in [-0.15, -0.1) is 0 Å². The van der Waals surface area contributed by atoms with Gasteiger partial charge in [0, 0.05) is 48.4 Å². The topological polar surface area (TPSA) is 97.6 Å². The summed E-state index contributed by atoms with van der Waals surface area (Å²) in [5, 5.41) is 9.83. The fourth-order valence-electron chi connectivity index (χ4n) is 5.35. The van der Waals surface area contributed by atoms with Crippen LogP contribution in [0.1, 0.15) is 29.0 Å². The molecule has 0 aliphatic carbocycles. The molecule has 192 valence electrons. The van der Waals surface area contributed by atoms with Crippen LogP contribution in [0.15, 0.2) is 67.0 Å². The molecule has 38 heavy (non-hydrogen) atoms. The second kappa shape index (κ2) is 10.1. The van der Waals surface area contributed by atoms with Crippen molar-refractivity contribution < 1.29 is 14.4 Å². The first kappa shape index (κ1) is 25.7. The molecule has 2 atom stereocenters. The number of benzene rings is 2. The van der Waals surface area contributed by atoms with Gasteiger partial charge in [0.15, 0.2) is 0 Å². The fraction of sp³-hybridized carbons (Fsp3) is 0.250. The average molecular weight is 548 g/mol. The number of hydrogen-bond donors (Lipinski definition) is 0. The van der Waals surface area contributed by atoms with E-state index in [2.05, 4.69) is 11.1 Å². The number of nitriles is 1. The Kier molecular flexibility index (Phi) is 6.82. The Hall–Kier alpha value is -3.93. The maximum Gasteiger partial charge on any atom is 0.332 e. The summed E-state index contributed by atoms with van der Waals surface area (Å²) < 4.78 is 0. The van der Waals surface area contributed by atoms with E-state index in [0.717, 1.165) is 16.0 Å². The maximum atomic E-state index is 14.2. The molecule has 2 fully saturated rings. The molecule has 10 heteroatoms. The van der Waals surface area contributed by atoms with Crippen molar-refractivity contribution in [2.24, 2.45) is 0 Å². The highest BCUT2D eigenvalue weighted by Crippen LogP contribution is 2.46. The van der Waals surface area contributed by atoms with Crippen LogP contribution in [0, 0.1) is 11.3 Å². The van der Waals surface area contributed by atoms with Gasteiger partial charge in [-0.2, -0.15) is 5.26 Å². The number of anilines is 1. The van der Waals surface area contributed by atoms with Gasteiger partial charge in [0.2, 0.25) is 5.91 Å². The van der Waals surface area contributed by atoms with Crippen LogP contribution in [0.5, 0.6) is 0 Å². The molecule has 0 radical (unpaired) electrons. The van der Waals surface area contributed by atoms with Crippen LogP contribution in [0.3, 0.4) is 0 Å². The molecule has 0 unspecified atom stereocenters. The van der Waals surface area contributed by atoms with Gasteiger partial charge in [-0.25, -0.2) is 9.69 Å². The number of urea groups is 1. The zero-order valence-corrected chi connectivity index (χ0v) is 22.0. The summed E-state index contributed by atoms with van der Waals surface area (Å²) in [5.41, 5.74) is 1.09. The van der Waals surface area contributed by atoms with Crippen molar-refractivity contribution in [2.75, 3.05) is 25.0 Å². The molecule has 1 aromatic heterocycles. The zero-order chi connectivity index (χ0) is 27.0. The lowest BCUT2D eigenvalue weighted by atomic mass is 9.80. The smallest absolute Gasteiger partial charge is 0.332 e. The van der Waals surface area contributed by atoms with E-state index in [-0.39, 0.29) is 31.1 Å². The molecule has 0 saturated carbocycles. The van der Waals surface area contributed by atoms with Crippen molar-refractivity contribution in [3.8, 4) is 6.07 Å². The molecule has 2 aliphatic rings. The molecule has 0 N–H and O–H groups in total. The van der Waals surface area contributed by atoms with E-state index in [4.69, 9.17) is 23.2 Å². The Bertz CT molecular complexity index is 1440. The lowest BCUT2D eigenvalue weighted by Crippen LogP contribution is -2.54. The van der Waals surface area contributed by atoms with E-state index in [1.807, 2.05) is 12.1 Å². The monoisotopic (exact) mass is 547 g/mol. The number of halogens is 2. The SMILES string of the molecule is CN1C(=O)N(c2cc(Cl)cc(Cl)c2)C(=O)[C@]12CN(C(=O)CCc1cccnc1)C[C@H]2c1ccc(C#N)cc1. The zero-order valence-electron chi connectivity index (χ0n) is 20.5. The minimum atomic E-state index is -1.34. The number of likely N-dealkylation sites (tertiary alicyclic amines) is 1. The predicted octanol–water partition coefficient (Wildman–Crippen LogP) is 4.66. The van der Waals surface area contributed by atoms with Gasteiger partial charge in [-0.1, -0.05) is 41.4 Å². The van der Waals surface area contributed by atoms with Crippen LogP contribution in [0.4, 0.5) is 10.5 Å². The maximum absolute atomic E-state index is 14.2. The van der Waals surface area contributed by atoms with E-state index in [9.17, 15) is 19.6 Å². The van der Waals surface area contributed by atoms with E-state index in [1.165, 1.54) is 23.1 Å². The number of pyridine rings is 1. The van der Waals surface area contributed by atoms with E-state index in [0.29, 0.717) is 22.0 Å². The molecule has 2 aliphatic heterocycles. The number of carbonyl (C=O) groups excluding carboxylic acids is 3. The van der Waals surface area contributed by atoms with Crippen molar-refractivity contribution in [3.05, 3.63) is 93.7 Å². The molecule has 5 rings (SSSR count). The summed E-state index contributed by atoms with van der Waals surface area (Å²) in [7, 11) is 1.58. The van der Waals surface area contributed by atoms with Crippen LogP contribution in [0.2, 0.25) is 10.0 Å². The van der Waals surface area contributed by atoms with Gasteiger partial charge in [-0.3, -0.25) is 14.6 Å². The van der Waals surface area contributed by atoms with Crippen molar-refractivity contribution in [3.63, 3.8) is 0 Å². The average Bonchev–Trinajstić information content (AvgIpc) is 3.40. The number of hydrogen-bond acceptors (Lipinski definition) is 5. The van der Waals surface area contributed by atoms with E-state index < -0.39 is 23.4 Å². The minimum absolute atomic E-state index is 0.0371. The lowest BCUT2D eigenvalue weighted by Gasteiger charge is -2.33. The molecule has 8 nitrogen and oxygen atoms in total. The third-order valence-electron chi connectivity index (χ3n) is 7.31. The van der Waals surface area contributed by atoms with Gasteiger partial charge >= 0.3 is 6.03 Å². The van der Waals surface area contributed by atoms with Crippen molar-refractivity contribution >= 4 is 46.7 Å². The first-order chi connectivity index (χ1) is 18.2. The first-order valence-corrected chi connectivity index (χ1v) is 12.8. The van der Waals surface area contributed by atoms with Gasteiger partial charge in [-0.05, 0) is 53.9 Å². The molecule has 0 bridgehead atoms. The highest BCUT2D eigenvalue weighted by molar-refractivity contribution is 6.35. The van der Waals surface area contributed by atoms with Gasteiger partial charge in [0.05, 0.1) is 23.9 Å². The molecule has 4 amide bonds. The Morgan fingerprint density at radius 2 is 1.84 bits per heavy atom. The number of likely N-dealkylation sites (N-methyl/N-ethyl adjacent to an activating group) is 1. The molecular formula is C28H23Cl2N5O3. The Labute approximate surface area is 230 Å². The number of nitrogens with zero attached hydrogens (tertiary/aromatic N) is 5. The molecule has 2 aromatic carbocycles. The number of aromatic nitrogens is 1. The normalized spacial score (nSPS) is 20.9. The largest absolute Gasteiger partial charge is 0.339 e. The number of imide groups is 1. The second-order valence-electron chi connectivity index (χ2n) is 9.46. The number of aryl methyl sites for hydroxylation is 1. The third-order valence-corrected chi connectivity index (χ3v) is 7.75. The van der Waals surface area contributed by atoms with Crippen molar-refractivity contribution in [2.45, 2.75) is 24.3 Å². The Balaban J connectivity index is 1.52. The molecule has 1 spiro atoms. The number of rotatable bonds is 5. The molecule has 2 saturated heterocycles. The highest BCUT2D eigenvalue weighted by Gasteiger charge is 2.64. The third kappa shape index (κ3) is 4.38.